The average molecular weight is 381 g/mol. The number of nitrogens with one attached hydrogen (secondary N) is 1. The molecule has 0 spiro atoms. The zero-order chi connectivity index (χ0) is 18.7. The van der Waals surface area contributed by atoms with Crippen LogP contribution < -0.4 is 10.1 Å². The van der Waals surface area contributed by atoms with Crippen molar-refractivity contribution < 1.29 is 17.9 Å². The highest BCUT2D eigenvalue weighted by atomic mass is 32.2. The maximum Gasteiger partial charge on any atom is 0.265 e. The number of rotatable bonds is 6. The van der Waals surface area contributed by atoms with Gasteiger partial charge in [-0.3, -0.25) is 4.79 Å². The maximum atomic E-state index is 12.9. The fourth-order valence-electron chi connectivity index (χ4n) is 3.30. The lowest BCUT2D eigenvalue weighted by Gasteiger charge is -2.33. The highest BCUT2D eigenvalue weighted by molar-refractivity contribution is 7.89. The van der Waals surface area contributed by atoms with Crippen molar-refractivity contribution in [1.29, 1.82) is 0 Å². The summed E-state index contributed by atoms with van der Waals surface area (Å²) in [6.07, 6.45) is 2.04. The molecule has 2 heterocycles. The van der Waals surface area contributed by atoms with E-state index in [1.165, 1.54) is 10.4 Å². The van der Waals surface area contributed by atoms with Gasteiger partial charge in [-0.05, 0) is 37.6 Å². The highest BCUT2D eigenvalue weighted by Gasteiger charge is 2.31. The fraction of sp³-hybridized carbons (Fsp3) is 0.611. The maximum absolute atomic E-state index is 12.9. The van der Waals surface area contributed by atoms with Gasteiger partial charge in [0.25, 0.3) is 5.91 Å². The predicted octanol–water partition coefficient (Wildman–Crippen LogP) is 1.90. The van der Waals surface area contributed by atoms with E-state index < -0.39 is 16.1 Å². The van der Waals surface area contributed by atoms with Crippen LogP contribution in [0.1, 0.15) is 33.1 Å². The third-order valence-corrected chi connectivity index (χ3v) is 6.90. The van der Waals surface area contributed by atoms with E-state index in [4.69, 9.17) is 4.74 Å². The lowest BCUT2D eigenvalue weighted by atomic mass is 10.1. The molecule has 1 amide bonds. The molecule has 1 aromatic rings. The van der Waals surface area contributed by atoms with Crippen LogP contribution in [0, 0.1) is 0 Å². The summed E-state index contributed by atoms with van der Waals surface area (Å²) in [4.78, 5) is 14.6. The molecule has 7 nitrogen and oxygen atoms in total. The van der Waals surface area contributed by atoms with Crippen LogP contribution in [0.3, 0.4) is 0 Å². The number of carbonyl (C=O) groups excluding carboxylic acids is 1. The third kappa shape index (κ3) is 3.87. The van der Waals surface area contributed by atoms with Crippen LogP contribution in [-0.2, 0) is 14.8 Å². The Morgan fingerprint density at radius 1 is 1.19 bits per heavy atom. The van der Waals surface area contributed by atoms with Gasteiger partial charge in [0.2, 0.25) is 10.0 Å². The van der Waals surface area contributed by atoms with Gasteiger partial charge < -0.3 is 15.0 Å². The molecule has 0 saturated carbocycles. The van der Waals surface area contributed by atoms with Crippen molar-refractivity contribution in [3.63, 3.8) is 0 Å². The number of piperazine rings is 1. The van der Waals surface area contributed by atoms with Crippen molar-refractivity contribution in [2.75, 3.05) is 38.0 Å². The van der Waals surface area contributed by atoms with E-state index >= 15 is 0 Å². The fourth-order valence-corrected chi connectivity index (χ4v) is 4.75. The van der Waals surface area contributed by atoms with Gasteiger partial charge >= 0.3 is 0 Å². The second-order valence-electron chi connectivity index (χ2n) is 6.73. The number of nitrogens with zero attached hydrogens (tertiary/aromatic N) is 2. The van der Waals surface area contributed by atoms with Crippen molar-refractivity contribution in [2.24, 2.45) is 0 Å². The first kappa shape index (κ1) is 19.1. The molecule has 0 aliphatic carbocycles. The minimum absolute atomic E-state index is 0.192. The minimum atomic E-state index is -3.57. The number of fused-ring (bicyclic) bond motifs is 1. The number of sulfonamides is 1. The first-order valence-corrected chi connectivity index (χ1v) is 10.7. The number of anilines is 1. The predicted molar refractivity (Wildman–Crippen MR) is 99.9 cm³/mol. The number of amides is 1. The van der Waals surface area contributed by atoms with Crippen molar-refractivity contribution in [3.05, 3.63) is 18.2 Å². The van der Waals surface area contributed by atoms with E-state index in [1.54, 1.807) is 12.1 Å². The Bertz CT molecular complexity index is 758. The molecule has 0 radical (unpaired) electrons. The zero-order valence-corrected chi connectivity index (χ0v) is 16.2. The minimum Gasteiger partial charge on any atom is -0.478 e. The Balaban J connectivity index is 1.77. The molecule has 1 aromatic carbocycles. The Kier molecular flexibility index (Phi) is 5.84. The van der Waals surface area contributed by atoms with E-state index in [0.717, 1.165) is 32.5 Å². The molecule has 2 aliphatic rings. The standard InChI is InChI=1S/C18H27N3O4S/c1-3-5-6-17-18(22)19-15-13-14(7-8-16(15)25-17)26(23,24)21-11-9-20(4-2)10-12-21/h7-8,13,17H,3-6,9-12H2,1-2H3,(H,19,22)/t17-/m0/s1. The summed E-state index contributed by atoms with van der Waals surface area (Å²) >= 11 is 0. The smallest absolute Gasteiger partial charge is 0.265 e. The van der Waals surface area contributed by atoms with Crippen LogP contribution in [0.2, 0.25) is 0 Å². The quantitative estimate of drug-likeness (QED) is 0.814. The van der Waals surface area contributed by atoms with Crippen LogP contribution in [0.5, 0.6) is 5.75 Å². The Labute approximate surface area is 155 Å². The SMILES string of the molecule is CCCC[C@@H]1Oc2ccc(S(=O)(=O)N3CCN(CC)CC3)cc2NC1=O. The lowest BCUT2D eigenvalue weighted by Crippen LogP contribution is -2.48. The second-order valence-corrected chi connectivity index (χ2v) is 8.67. The van der Waals surface area contributed by atoms with E-state index in [-0.39, 0.29) is 10.8 Å². The first-order chi connectivity index (χ1) is 12.5. The monoisotopic (exact) mass is 381 g/mol. The van der Waals surface area contributed by atoms with Crippen LogP contribution in [0.15, 0.2) is 23.1 Å². The van der Waals surface area contributed by atoms with Crippen LogP contribution in [0.25, 0.3) is 0 Å². The van der Waals surface area contributed by atoms with Crippen LogP contribution in [-0.4, -0.2) is 62.4 Å². The molecule has 144 valence electrons. The number of hydrogen-bond donors (Lipinski definition) is 1. The van der Waals surface area contributed by atoms with Gasteiger partial charge in [-0.2, -0.15) is 4.31 Å². The normalized spacial score (nSPS) is 21.8. The van der Waals surface area contributed by atoms with Crippen molar-refractivity contribution in [1.82, 2.24) is 9.21 Å². The Morgan fingerprint density at radius 3 is 2.58 bits per heavy atom. The number of likely N-dealkylation sites (N-methyl/N-ethyl adjacent to an activating group) is 1. The number of ether oxygens (including phenoxy) is 1. The summed E-state index contributed by atoms with van der Waals surface area (Å²) in [5.41, 5.74) is 0.427. The number of hydrogen-bond acceptors (Lipinski definition) is 5. The molecule has 1 saturated heterocycles. The molecule has 0 bridgehead atoms. The summed E-state index contributed by atoms with van der Waals surface area (Å²) < 4.78 is 33.1. The van der Waals surface area contributed by atoms with Crippen molar-refractivity contribution in [3.8, 4) is 5.75 Å². The summed E-state index contributed by atoms with van der Waals surface area (Å²) in [5.74, 6) is 0.317. The van der Waals surface area contributed by atoms with E-state index in [0.29, 0.717) is 30.9 Å². The molecule has 1 atom stereocenters. The lowest BCUT2D eigenvalue weighted by molar-refractivity contribution is -0.123. The summed E-state index contributed by atoms with van der Waals surface area (Å²) in [6, 6.07) is 4.71. The second kappa shape index (κ2) is 7.94. The topological polar surface area (TPSA) is 79.0 Å². The van der Waals surface area contributed by atoms with Gasteiger partial charge in [0.05, 0.1) is 10.6 Å². The third-order valence-electron chi connectivity index (χ3n) is 5.01. The Morgan fingerprint density at radius 2 is 1.92 bits per heavy atom. The number of carbonyl (C=O) groups is 1. The first-order valence-electron chi connectivity index (χ1n) is 9.29. The molecule has 0 unspecified atom stereocenters. The number of benzene rings is 1. The molecule has 2 aliphatic heterocycles. The van der Waals surface area contributed by atoms with Gasteiger partial charge in [-0.1, -0.05) is 20.3 Å². The molecule has 26 heavy (non-hydrogen) atoms. The van der Waals surface area contributed by atoms with Crippen LogP contribution in [0.4, 0.5) is 5.69 Å². The zero-order valence-electron chi connectivity index (χ0n) is 15.4. The summed E-state index contributed by atoms with van der Waals surface area (Å²) in [7, 11) is -3.57. The molecule has 1 fully saturated rings. The molecule has 1 N–H and O–H groups in total. The van der Waals surface area contributed by atoms with E-state index in [2.05, 4.69) is 24.1 Å². The van der Waals surface area contributed by atoms with Crippen molar-refractivity contribution >= 4 is 21.6 Å². The highest BCUT2D eigenvalue weighted by Crippen LogP contribution is 2.33. The Hall–Kier alpha value is -1.64. The summed E-state index contributed by atoms with van der Waals surface area (Å²) in [5, 5.41) is 2.80. The number of unbranched alkanes of at least 4 members (excludes halogenated alkanes) is 1. The summed E-state index contributed by atoms with van der Waals surface area (Å²) in [6.45, 7) is 7.50. The van der Waals surface area contributed by atoms with Gasteiger partial charge in [-0.15, -0.1) is 0 Å². The van der Waals surface area contributed by atoms with Gasteiger partial charge in [0.15, 0.2) is 6.10 Å². The van der Waals surface area contributed by atoms with E-state index in [1.807, 2.05) is 0 Å². The molecular weight excluding hydrogens is 354 g/mol. The molecule has 8 heteroatoms. The van der Waals surface area contributed by atoms with Gasteiger partial charge in [0.1, 0.15) is 5.75 Å². The van der Waals surface area contributed by atoms with Crippen molar-refractivity contribution in [2.45, 2.75) is 44.1 Å². The van der Waals surface area contributed by atoms with Gasteiger partial charge in [0, 0.05) is 26.2 Å². The van der Waals surface area contributed by atoms with Crippen LogP contribution >= 0.6 is 0 Å². The molecule has 0 aromatic heterocycles. The average Bonchev–Trinajstić information content (AvgIpc) is 2.66. The largest absolute Gasteiger partial charge is 0.478 e. The molecule has 3 rings (SSSR count). The van der Waals surface area contributed by atoms with Gasteiger partial charge in [-0.25, -0.2) is 8.42 Å². The molecular formula is C18H27N3O4S. The van der Waals surface area contributed by atoms with E-state index in [9.17, 15) is 13.2 Å².